The van der Waals surface area contributed by atoms with E-state index in [4.69, 9.17) is 0 Å². The first-order chi connectivity index (χ1) is 15.2. The van der Waals surface area contributed by atoms with E-state index < -0.39 is 17.6 Å². The van der Waals surface area contributed by atoms with Crippen LogP contribution in [0, 0.1) is 13.8 Å². The standard InChI is InChI=1S/C24H25F3N4O/c1-15-6-7-20(12-16(15)2)31-22(17-8-10-28-11-9-17)21(14-29-31)23(32)30-19-5-3-4-18(13-19)24(25,26)27/h3-7,12-14,17,28H,8-11H2,1-2H3,(H,30,32). The van der Waals surface area contributed by atoms with Gasteiger partial charge in [0.2, 0.25) is 0 Å². The summed E-state index contributed by atoms with van der Waals surface area (Å²) in [5.41, 5.74) is 3.60. The Balaban J connectivity index is 1.71. The van der Waals surface area contributed by atoms with Crippen LogP contribution in [-0.2, 0) is 6.18 Å². The molecule has 2 aromatic carbocycles. The molecule has 0 bridgehead atoms. The largest absolute Gasteiger partial charge is 0.416 e. The summed E-state index contributed by atoms with van der Waals surface area (Å²) in [7, 11) is 0. The van der Waals surface area contributed by atoms with Gasteiger partial charge in [0.1, 0.15) is 0 Å². The Labute approximate surface area is 184 Å². The molecule has 2 heterocycles. The molecule has 0 unspecified atom stereocenters. The number of carbonyl (C=O) groups excluding carboxylic acids is 1. The molecular formula is C24H25F3N4O. The molecule has 0 spiro atoms. The van der Waals surface area contributed by atoms with Gasteiger partial charge in [0.05, 0.1) is 28.7 Å². The number of aromatic nitrogens is 2. The van der Waals surface area contributed by atoms with E-state index in [-0.39, 0.29) is 11.6 Å². The predicted octanol–water partition coefficient (Wildman–Crippen LogP) is 5.23. The van der Waals surface area contributed by atoms with Crippen molar-refractivity contribution in [2.75, 3.05) is 18.4 Å². The van der Waals surface area contributed by atoms with Crippen molar-refractivity contribution >= 4 is 11.6 Å². The van der Waals surface area contributed by atoms with E-state index in [1.807, 2.05) is 32.0 Å². The fourth-order valence-electron chi connectivity index (χ4n) is 4.06. The van der Waals surface area contributed by atoms with Gasteiger partial charge in [0.25, 0.3) is 5.91 Å². The Bertz CT molecular complexity index is 1130. The smallest absolute Gasteiger partial charge is 0.322 e. The summed E-state index contributed by atoms with van der Waals surface area (Å²) in [6.07, 6.45) is -1.27. The Morgan fingerprint density at radius 1 is 1.09 bits per heavy atom. The van der Waals surface area contributed by atoms with E-state index in [0.29, 0.717) is 5.56 Å². The van der Waals surface area contributed by atoms with E-state index in [0.717, 1.165) is 60.6 Å². The van der Waals surface area contributed by atoms with E-state index in [2.05, 4.69) is 15.7 Å². The van der Waals surface area contributed by atoms with Gasteiger partial charge < -0.3 is 10.6 Å². The van der Waals surface area contributed by atoms with E-state index in [1.54, 1.807) is 4.68 Å². The van der Waals surface area contributed by atoms with Crippen LogP contribution in [0.1, 0.15) is 51.5 Å². The van der Waals surface area contributed by atoms with Crippen molar-refractivity contribution in [3.05, 3.63) is 76.6 Å². The lowest BCUT2D eigenvalue weighted by molar-refractivity contribution is -0.137. The summed E-state index contributed by atoms with van der Waals surface area (Å²) in [5.74, 6) is -0.351. The van der Waals surface area contributed by atoms with Crippen molar-refractivity contribution in [1.29, 1.82) is 0 Å². The molecule has 1 aliphatic rings. The summed E-state index contributed by atoms with van der Waals surface area (Å²) in [6.45, 7) is 5.71. The van der Waals surface area contributed by atoms with Crippen LogP contribution in [0.2, 0.25) is 0 Å². The molecule has 32 heavy (non-hydrogen) atoms. The molecule has 0 saturated carbocycles. The maximum atomic E-state index is 13.1. The summed E-state index contributed by atoms with van der Waals surface area (Å²) in [5, 5.41) is 10.5. The van der Waals surface area contributed by atoms with Crippen molar-refractivity contribution < 1.29 is 18.0 Å². The van der Waals surface area contributed by atoms with Crippen LogP contribution in [0.3, 0.4) is 0 Å². The number of nitrogens with one attached hydrogen (secondary N) is 2. The Morgan fingerprint density at radius 3 is 2.53 bits per heavy atom. The van der Waals surface area contributed by atoms with Crippen molar-refractivity contribution in [3.63, 3.8) is 0 Å². The van der Waals surface area contributed by atoms with Crippen LogP contribution in [-0.4, -0.2) is 28.8 Å². The van der Waals surface area contributed by atoms with Gasteiger partial charge in [-0.05, 0) is 81.2 Å². The van der Waals surface area contributed by atoms with Crippen molar-refractivity contribution in [2.45, 2.75) is 38.8 Å². The molecule has 0 radical (unpaired) electrons. The highest BCUT2D eigenvalue weighted by molar-refractivity contribution is 6.05. The summed E-state index contributed by atoms with van der Waals surface area (Å²) in [6, 6.07) is 10.7. The Hall–Kier alpha value is -3.13. The number of aryl methyl sites for hydroxylation is 2. The summed E-state index contributed by atoms with van der Waals surface area (Å²) < 4.78 is 41.0. The number of hydrogen-bond donors (Lipinski definition) is 2. The SMILES string of the molecule is Cc1ccc(-n2ncc(C(=O)Nc3cccc(C(F)(F)F)c3)c2C2CCNCC2)cc1C. The fraction of sp³-hybridized carbons (Fsp3) is 0.333. The number of nitrogens with zero attached hydrogens (tertiary/aromatic N) is 2. The Morgan fingerprint density at radius 2 is 1.84 bits per heavy atom. The molecule has 4 rings (SSSR count). The van der Waals surface area contributed by atoms with Crippen LogP contribution >= 0.6 is 0 Å². The van der Waals surface area contributed by atoms with Gasteiger partial charge in [0.15, 0.2) is 0 Å². The zero-order valence-electron chi connectivity index (χ0n) is 18.0. The molecule has 1 aliphatic heterocycles. The molecule has 1 aromatic heterocycles. The average molecular weight is 442 g/mol. The zero-order valence-corrected chi connectivity index (χ0v) is 18.0. The number of alkyl halides is 3. The second kappa shape index (κ2) is 8.78. The molecule has 8 heteroatoms. The van der Waals surface area contributed by atoms with E-state index >= 15 is 0 Å². The lowest BCUT2D eigenvalue weighted by Gasteiger charge is -2.25. The maximum Gasteiger partial charge on any atom is 0.416 e. The highest BCUT2D eigenvalue weighted by Gasteiger charge is 2.31. The lowest BCUT2D eigenvalue weighted by atomic mass is 9.91. The first kappa shape index (κ1) is 22.1. The third kappa shape index (κ3) is 4.55. The first-order valence-corrected chi connectivity index (χ1v) is 10.6. The average Bonchev–Trinajstić information content (AvgIpc) is 3.21. The van der Waals surface area contributed by atoms with Gasteiger partial charge in [-0.25, -0.2) is 4.68 Å². The zero-order chi connectivity index (χ0) is 22.9. The normalized spacial score (nSPS) is 15.0. The molecule has 0 atom stereocenters. The topological polar surface area (TPSA) is 59.0 Å². The van der Waals surface area contributed by atoms with Gasteiger partial charge in [-0.1, -0.05) is 12.1 Å². The maximum absolute atomic E-state index is 13.1. The van der Waals surface area contributed by atoms with Crippen LogP contribution in [0.25, 0.3) is 5.69 Å². The molecule has 0 aliphatic carbocycles. The minimum absolute atomic E-state index is 0.0972. The molecular weight excluding hydrogens is 417 g/mol. The van der Waals surface area contributed by atoms with Gasteiger partial charge in [0, 0.05) is 11.6 Å². The lowest BCUT2D eigenvalue weighted by Crippen LogP contribution is -2.29. The molecule has 2 N–H and O–H groups in total. The number of carbonyl (C=O) groups is 1. The minimum Gasteiger partial charge on any atom is -0.322 e. The third-order valence-corrected chi connectivity index (χ3v) is 5.96. The van der Waals surface area contributed by atoms with Crippen LogP contribution in [0.15, 0.2) is 48.7 Å². The highest BCUT2D eigenvalue weighted by atomic mass is 19.4. The van der Waals surface area contributed by atoms with Crippen LogP contribution in [0.5, 0.6) is 0 Å². The summed E-state index contributed by atoms with van der Waals surface area (Å²) >= 11 is 0. The molecule has 168 valence electrons. The van der Waals surface area contributed by atoms with E-state index in [1.165, 1.54) is 18.3 Å². The summed E-state index contributed by atoms with van der Waals surface area (Å²) in [4.78, 5) is 13.1. The quantitative estimate of drug-likeness (QED) is 0.582. The van der Waals surface area contributed by atoms with Crippen molar-refractivity contribution in [2.24, 2.45) is 0 Å². The predicted molar refractivity (Wildman–Crippen MR) is 117 cm³/mol. The van der Waals surface area contributed by atoms with E-state index in [9.17, 15) is 18.0 Å². The fourth-order valence-corrected chi connectivity index (χ4v) is 4.06. The monoisotopic (exact) mass is 442 g/mol. The number of piperidine rings is 1. The number of anilines is 1. The van der Waals surface area contributed by atoms with Gasteiger partial charge >= 0.3 is 6.18 Å². The van der Waals surface area contributed by atoms with Crippen molar-refractivity contribution in [3.8, 4) is 5.69 Å². The molecule has 3 aromatic rings. The molecule has 1 fully saturated rings. The van der Waals surface area contributed by atoms with Crippen LogP contribution < -0.4 is 10.6 Å². The minimum atomic E-state index is -4.48. The van der Waals surface area contributed by atoms with Gasteiger partial charge in [-0.2, -0.15) is 18.3 Å². The van der Waals surface area contributed by atoms with Crippen molar-refractivity contribution in [1.82, 2.24) is 15.1 Å². The second-order valence-electron chi connectivity index (χ2n) is 8.18. The number of rotatable bonds is 4. The molecule has 1 amide bonds. The van der Waals surface area contributed by atoms with Gasteiger partial charge in [-0.3, -0.25) is 4.79 Å². The van der Waals surface area contributed by atoms with Crippen LogP contribution in [0.4, 0.5) is 18.9 Å². The van der Waals surface area contributed by atoms with Gasteiger partial charge in [-0.15, -0.1) is 0 Å². The molecule has 1 saturated heterocycles. The third-order valence-electron chi connectivity index (χ3n) is 5.96. The number of hydrogen-bond acceptors (Lipinski definition) is 3. The number of amides is 1. The highest BCUT2D eigenvalue weighted by Crippen LogP contribution is 2.33. The Kier molecular flexibility index (Phi) is 6.06. The second-order valence-corrected chi connectivity index (χ2v) is 8.18. The molecule has 5 nitrogen and oxygen atoms in total. The first-order valence-electron chi connectivity index (χ1n) is 10.6. The number of benzene rings is 2. The number of halogens is 3.